The van der Waals surface area contributed by atoms with Gasteiger partial charge < -0.3 is 4.98 Å². The Kier molecular flexibility index (Phi) is 6.13. The van der Waals surface area contributed by atoms with E-state index in [2.05, 4.69) is 25.8 Å². The van der Waals surface area contributed by atoms with Gasteiger partial charge in [-0.25, -0.2) is 9.97 Å². The molecular weight excluding hydrogens is 497 g/mol. The summed E-state index contributed by atoms with van der Waals surface area (Å²) in [5.74, 6) is 1.78. The van der Waals surface area contributed by atoms with Crippen molar-refractivity contribution in [3.05, 3.63) is 47.4 Å². The average Bonchev–Trinajstić information content (AvgIpc) is 3.40. The monoisotopic (exact) mass is 526 g/mol. The maximum atomic E-state index is 13.7. The molecule has 0 amide bonds. The molecule has 4 aromatic heterocycles. The van der Waals surface area contributed by atoms with Crippen LogP contribution < -0.4 is 11.1 Å². The molecule has 2 atom stereocenters. The summed E-state index contributed by atoms with van der Waals surface area (Å²) in [6, 6.07) is 0.0570. The van der Waals surface area contributed by atoms with Gasteiger partial charge in [0.25, 0.3) is 11.1 Å². The van der Waals surface area contributed by atoms with E-state index in [4.69, 9.17) is 9.97 Å². The summed E-state index contributed by atoms with van der Waals surface area (Å²) < 4.78 is 1.87. The summed E-state index contributed by atoms with van der Waals surface area (Å²) in [6.45, 7) is 6.46. The molecule has 0 aliphatic heterocycles. The van der Waals surface area contributed by atoms with E-state index < -0.39 is 0 Å². The largest absolute Gasteiger partial charge is 0.309 e. The third kappa shape index (κ3) is 4.00. The van der Waals surface area contributed by atoms with Gasteiger partial charge in [-0.3, -0.25) is 14.2 Å². The number of rotatable bonds is 5. The molecule has 1 N–H and O–H groups in total. The number of thiophene rings is 2. The predicted octanol–water partition coefficient (Wildman–Crippen LogP) is 6.02. The molecule has 0 aromatic carbocycles. The highest BCUT2D eigenvalue weighted by Crippen LogP contribution is 2.37. The second-order valence-electron chi connectivity index (χ2n) is 10.1. The fraction of sp³-hybridized carbons (Fsp3) is 0.538. The smallest absolute Gasteiger partial charge is 0.263 e. The lowest BCUT2D eigenvalue weighted by atomic mass is 9.89. The number of hydrogen-bond donors (Lipinski definition) is 1. The Balaban J connectivity index is 1.38. The van der Waals surface area contributed by atoms with Crippen LogP contribution in [0.3, 0.4) is 0 Å². The van der Waals surface area contributed by atoms with E-state index in [1.807, 2.05) is 4.57 Å². The number of thioether (sulfide) groups is 1. The Morgan fingerprint density at radius 1 is 1.06 bits per heavy atom. The van der Waals surface area contributed by atoms with Gasteiger partial charge in [0.2, 0.25) is 0 Å². The van der Waals surface area contributed by atoms with Crippen LogP contribution in [0.2, 0.25) is 0 Å². The average molecular weight is 527 g/mol. The maximum absolute atomic E-state index is 13.7. The third-order valence-corrected chi connectivity index (χ3v) is 10.9. The zero-order chi connectivity index (χ0) is 24.3. The predicted molar refractivity (Wildman–Crippen MR) is 147 cm³/mol. The van der Waals surface area contributed by atoms with Gasteiger partial charge in [0.1, 0.15) is 15.5 Å². The molecule has 0 bridgehead atoms. The molecule has 184 valence electrons. The second kappa shape index (κ2) is 9.16. The van der Waals surface area contributed by atoms with Gasteiger partial charge in [-0.05, 0) is 75.3 Å². The highest BCUT2D eigenvalue weighted by atomic mass is 32.2. The minimum Gasteiger partial charge on any atom is -0.309 e. The van der Waals surface area contributed by atoms with Crippen LogP contribution in [0.5, 0.6) is 0 Å². The van der Waals surface area contributed by atoms with Gasteiger partial charge in [-0.1, -0.05) is 25.6 Å². The van der Waals surface area contributed by atoms with Crippen LogP contribution in [0.25, 0.3) is 20.4 Å². The van der Waals surface area contributed by atoms with Gasteiger partial charge in [-0.2, -0.15) is 0 Å². The van der Waals surface area contributed by atoms with E-state index in [1.165, 1.54) is 39.1 Å². The number of nitrogens with one attached hydrogen (secondary N) is 1. The first-order valence-corrected chi connectivity index (χ1v) is 15.3. The van der Waals surface area contributed by atoms with Crippen molar-refractivity contribution in [3.8, 4) is 0 Å². The van der Waals surface area contributed by atoms with E-state index in [0.29, 0.717) is 17.5 Å². The topological polar surface area (TPSA) is 80.6 Å². The number of aromatic nitrogens is 4. The molecule has 0 unspecified atom stereocenters. The second-order valence-corrected chi connectivity index (χ2v) is 13.2. The minimum atomic E-state index is -0.0358. The van der Waals surface area contributed by atoms with Gasteiger partial charge in [0.15, 0.2) is 5.16 Å². The highest BCUT2D eigenvalue weighted by molar-refractivity contribution is 7.98. The maximum Gasteiger partial charge on any atom is 0.263 e. The van der Waals surface area contributed by atoms with E-state index in [9.17, 15) is 9.59 Å². The van der Waals surface area contributed by atoms with Gasteiger partial charge in [-0.15, -0.1) is 22.7 Å². The molecule has 6 rings (SSSR count). The molecule has 0 saturated carbocycles. The van der Waals surface area contributed by atoms with Crippen LogP contribution in [-0.4, -0.2) is 19.5 Å². The van der Waals surface area contributed by atoms with Crippen molar-refractivity contribution in [3.63, 3.8) is 0 Å². The van der Waals surface area contributed by atoms with E-state index >= 15 is 0 Å². The summed E-state index contributed by atoms with van der Waals surface area (Å²) in [7, 11) is 0. The summed E-state index contributed by atoms with van der Waals surface area (Å²) in [4.78, 5) is 44.0. The molecule has 2 aliphatic rings. The number of H-pyrrole nitrogens is 1. The molecule has 0 fully saturated rings. The summed E-state index contributed by atoms with van der Waals surface area (Å²) in [5.41, 5.74) is 2.49. The van der Waals surface area contributed by atoms with Crippen molar-refractivity contribution >= 4 is 54.9 Å². The first-order chi connectivity index (χ1) is 16.9. The lowest BCUT2D eigenvalue weighted by Crippen LogP contribution is -2.26. The first kappa shape index (κ1) is 23.4. The quantitative estimate of drug-likeness (QED) is 0.254. The summed E-state index contributed by atoms with van der Waals surface area (Å²) >= 11 is 4.86. The van der Waals surface area contributed by atoms with Gasteiger partial charge >= 0.3 is 0 Å². The number of fused-ring (bicyclic) bond motifs is 6. The molecule has 6 nitrogen and oxygen atoms in total. The Morgan fingerprint density at radius 2 is 1.80 bits per heavy atom. The zero-order valence-electron chi connectivity index (χ0n) is 20.4. The van der Waals surface area contributed by atoms with Gasteiger partial charge in [0, 0.05) is 15.8 Å². The van der Waals surface area contributed by atoms with Crippen LogP contribution in [-0.2, 0) is 31.4 Å². The third-order valence-electron chi connectivity index (χ3n) is 7.57. The van der Waals surface area contributed by atoms with E-state index in [0.717, 1.165) is 70.5 Å². The number of aromatic amines is 1. The van der Waals surface area contributed by atoms with Crippen LogP contribution in [0.4, 0.5) is 0 Å². The van der Waals surface area contributed by atoms with Crippen LogP contribution in [0.1, 0.15) is 79.2 Å². The molecule has 4 heterocycles. The molecule has 2 aliphatic carbocycles. The lowest BCUT2D eigenvalue weighted by Gasteiger charge is -2.18. The standard InChI is InChI=1S/C26H30N4O2S3/c1-4-14(3)30-25(32)21-15-7-5-6-8-17(15)34-24(21)29-26(30)33-12-19-27-22(31)20-16-10-9-13(2)11-18(16)35-23(20)28-19/h13-14H,4-12H2,1-3H3,(H,27,28,31)/t13-,14+/m0/s1. The fourth-order valence-corrected chi connectivity index (χ4v) is 9.14. The van der Waals surface area contributed by atoms with Crippen molar-refractivity contribution in [1.82, 2.24) is 19.5 Å². The Labute approximate surface area is 216 Å². The molecule has 0 radical (unpaired) electrons. The number of aryl methyl sites for hydroxylation is 3. The normalized spacial score (nSPS) is 18.7. The molecule has 35 heavy (non-hydrogen) atoms. The number of hydrogen-bond acceptors (Lipinski definition) is 7. The van der Waals surface area contributed by atoms with Gasteiger partial charge in [0.05, 0.1) is 16.5 Å². The van der Waals surface area contributed by atoms with Crippen LogP contribution in [0, 0.1) is 5.92 Å². The van der Waals surface area contributed by atoms with Crippen molar-refractivity contribution < 1.29 is 0 Å². The summed E-state index contributed by atoms with van der Waals surface area (Å²) in [6.07, 6.45) is 8.35. The van der Waals surface area contributed by atoms with Crippen LogP contribution >= 0.6 is 34.4 Å². The molecular formula is C26H30N4O2S3. The summed E-state index contributed by atoms with van der Waals surface area (Å²) in [5, 5.41) is 2.34. The minimum absolute atomic E-state index is 0.0358. The van der Waals surface area contributed by atoms with Crippen LogP contribution in [0.15, 0.2) is 14.7 Å². The van der Waals surface area contributed by atoms with E-state index in [1.54, 1.807) is 22.7 Å². The first-order valence-electron chi connectivity index (χ1n) is 12.7. The Bertz CT molecular complexity index is 1560. The van der Waals surface area contributed by atoms with E-state index in [-0.39, 0.29) is 17.2 Å². The molecule has 9 heteroatoms. The SMILES string of the molecule is CC[C@@H](C)n1c(SCc2nc3sc4c(c3c(=O)[nH]2)CC[C@H](C)C4)nc2sc3c(c2c1=O)CCCC3. The number of nitrogens with zero attached hydrogens (tertiary/aromatic N) is 3. The molecule has 4 aromatic rings. The molecule has 0 spiro atoms. The lowest BCUT2D eigenvalue weighted by molar-refractivity contribution is 0.468. The Hall–Kier alpha value is -1.97. The van der Waals surface area contributed by atoms with Crippen molar-refractivity contribution in [2.75, 3.05) is 0 Å². The molecule has 0 saturated heterocycles. The van der Waals surface area contributed by atoms with Crippen molar-refractivity contribution in [1.29, 1.82) is 0 Å². The van der Waals surface area contributed by atoms with Crippen molar-refractivity contribution in [2.45, 2.75) is 89.1 Å². The fourth-order valence-electron chi connectivity index (χ4n) is 5.47. The van der Waals surface area contributed by atoms with Crippen molar-refractivity contribution in [2.24, 2.45) is 5.92 Å². The zero-order valence-corrected chi connectivity index (χ0v) is 22.9. The Morgan fingerprint density at radius 3 is 2.63 bits per heavy atom. The highest BCUT2D eigenvalue weighted by Gasteiger charge is 2.25.